The molecule has 0 bridgehead atoms. The van der Waals surface area contributed by atoms with E-state index in [1.165, 1.54) is 0 Å². The Morgan fingerprint density at radius 2 is 2.00 bits per heavy atom. The number of hydrogen-bond donors (Lipinski definition) is 1. The molecular weight excluding hydrogens is 248 g/mol. The molecule has 0 saturated heterocycles. The molecule has 1 aromatic carbocycles. The van der Waals surface area contributed by atoms with Gasteiger partial charge in [-0.1, -0.05) is 31.5 Å². The van der Waals surface area contributed by atoms with E-state index in [1.54, 1.807) is 0 Å². The first kappa shape index (κ1) is 14.6. The highest BCUT2D eigenvalue weighted by molar-refractivity contribution is 5.94. The van der Waals surface area contributed by atoms with Gasteiger partial charge >= 0.3 is 0 Å². The van der Waals surface area contributed by atoms with Crippen LogP contribution in [0.5, 0.6) is 0 Å². The molecule has 0 spiro atoms. The highest BCUT2D eigenvalue weighted by atomic mass is 16.2. The number of benzene rings is 1. The topological polar surface area (TPSA) is 36.1 Å². The Morgan fingerprint density at radius 1 is 1.30 bits per heavy atom. The standard InChI is InChI=1S/C17H24N2O/c1-5-6-11-19(4)16(20)17(2,3)14-12-18-15-10-8-7-9-13(14)15/h7-10,12,18H,5-6,11H2,1-4H3. The average Bonchev–Trinajstić information content (AvgIpc) is 2.88. The summed E-state index contributed by atoms with van der Waals surface area (Å²) in [6.07, 6.45) is 4.12. The predicted octanol–water partition coefficient (Wildman–Crippen LogP) is 3.70. The van der Waals surface area contributed by atoms with Crippen molar-refractivity contribution in [3.05, 3.63) is 36.0 Å². The van der Waals surface area contributed by atoms with Crippen molar-refractivity contribution < 1.29 is 4.79 Å². The van der Waals surface area contributed by atoms with Crippen LogP contribution in [0.1, 0.15) is 39.2 Å². The van der Waals surface area contributed by atoms with Gasteiger partial charge in [0.1, 0.15) is 0 Å². The summed E-state index contributed by atoms with van der Waals surface area (Å²) in [5.41, 5.74) is 1.64. The Labute approximate surface area is 121 Å². The molecule has 20 heavy (non-hydrogen) atoms. The molecule has 1 aromatic heterocycles. The van der Waals surface area contributed by atoms with Gasteiger partial charge in [0.25, 0.3) is 0 Å². The second-order valence-corrected chi connectivity index (χ2v) is 5.95. The molecule has 2 aromatic rings. The first-order valence-electron chi connectivity index (χ1n) is 7.30. The van der Waals surface area contributed by atoms with Crippen LogP contribution in [0, 0.1) is 0 Å². The number of unbranched alkanes of at least 4 members (excludes halogenated alkanes) is 1. The van der Waals surface area contributed by atoms with Crippen LogP contribution in [0.25, 0.3) is 10.9 Å². The van der Waals surface area contributed by atoms with Crippen molar-refractivity contribution in [2.24, 2.45) is 0 Å². The fourth-order valence-electron chi connectivity index (χ4n) is 2.68. The van der Waals surface area contributed by atoms with E-state index in [0.717, 1.165) is 35.9 Å². The summed E-state index contributed by atoms with van der Waals surface area (Å²) in [4.78, 5) is 17.8. The zero-order chi connectivity index (χ0) is 14.8. The van der Waals surface area contributed by atoms with Crippen LogP contribution < -0.4 is 0 Å². The molecule has 0 aliphatic carbocycles. The van der Waals surface area contributed by atoms with Crippen molar-refractivity contribution in [2.45, 2.75) is 39.0 Å². The van der Waals surface area contributed by atoms with Gasteiger partial charge in [-0.25, -0.2) is 0 Å². The van der Waals surface area contributed by atoms with Crippen molar-refractivity contribution in [1.82, 2.24) is 9.88 Å². The second-order valence-electron chi connectivity index (χ2n) is 5.95. The lowest BCUT2D eigenvalue weighted by atomic mass is 9.83. The van der Waals surface area contributed by atoms with Crippen LogP contribution in [0.2, 0.25) is 0 Å². The molecule has 0 fully saturated rings. The zero-order valence-electron chi connectivity index (χ0n) is 12.9. The maximum absolute atomic E-state index is 12.7. The number of fused-ring (bicyclic) bond motifs is 1. The van der Waals surface area contributed by atoms with Gasteiger partial charge in [0.05, 0.1) is 5.41 Å². The van der Waals surface area contributed by atoms with Gasteiger partial charge in [-0.05, 0) is 31.9 Å². The number of para-hydroxylation sites is 1. The van der Waals surface area contributed by atoms with E-state index in [4.69, 9.17) is 0 Å². The van der Waals surface area contributed by atoms with Gasteiger partial charge < -0.3 is 9.88 Å². The highest BCUT2D eigenvalue weighted by Gasteiger charge is 2.34. The quantitative estimate of drug-likeness (QED) is 0.885. The van der Waals surface area contributed by atoms with Crippen molar-refractivity contribution in [3.63, 3.8) is 0 Å². The molecule has 0 atom stereocenters. The number of nitrogens with one attached hydrogen (secondary N) is 1. The molecule has 1 N–H and O–H groups in total. The average molecular weight is 272 g/mol. The maximum atomic E-state index is 12.7. The Hall–Kier alpha value is -1.77. The number of H-pyrrole nitrogens is 1. The number of carbonyl (C=O) groups is 1. The summed E-state index contributed by atoms with van der Waals surface area (Å²) in [6, 6.07) is 8.13. The molecule has 0 radical (unpaired) electrons. The summed E-state index contributed by atoms with van der Waals surface area (Å²) in [6.45, 7) is 6.98. The molecule has 0 saturated carbocycles. The van der Waals surface area contributed by atoms with Gasteiger partial charge in [-0.15, -0.1) is 0 Å². The number of aromatic nitrogens is 1. The van der Waals surface area contributed by atoms with Crippen molar-refractivity contribution in [1.29, 1.82) is 0 Å². The number of hydrogen-bond acceptors (Lipinski definition) is 1. The van der Waals surface area contributed by atoms with E-state index < -0.39 is 5.41 Å². The van der Waals surface area contributed by atoms with E-state index >= 15 is 0 Å². The fraction of sp³-hybridized carbons (Fsp3) is 0.471. The van der Waals surface area contributed by atoms with Gasteiger partial charge in [-0.2, -0.15) is 0 Å². The number of nitrogens with zero attached hydrogens (tertiary/aromatic N) is 1. The normalized spacial score (nSPS) is 11.8. The lowest BCUT2D eigenvalue weighted by Gasteiger charge is -2.29. The first-order chi connectivity index (χ1) is 9.48. The summed E-state index contributed by atoms with van der Waals surface area (Å²) >= 11 is 0. The minimum Gasteiger partial charge on any atom is -0.361 e. The van der Waals surface area contributed by atoms with Crippen LogP contribution in [0.4, 0.5) is 0 Å². The van der Waals surface area contributed by atoms with E-state index in [9.17, 15) is 4.79 Å². The van der Waals surface area contributed by atoms with Gasteiger partial charge in [-0.3, -0.25) is 4.79 Å². The molecule has 0 aliphatic heterocycles. The SMILES string of the molecule is CCCCN(C)C(=O)C(C)(C)c1c[nH]c2ccccc12. The molecule has 1 amide bonds. The molecule has 1 heterocycles. The maximum Gasteiger partial charge on any atom is 0.232 e. The molecule has 3 heteroatoms. The summed E-state index contributed by atoms with van der Waals surface area (Å²) in [7, 11) is 1.90. The van der Waals surface area contributed by atoms with Gasteiger partial charge in [0.2, 0.25) is 5.91 Å². The monoisotopic (exact) mass is 272 g/mol. The van der Waals surface area contributed by atoms with Crippen LogP contribution in [-0.4, -0.2) is 29.4 Å². The van der Waals surface area contributed by atoms with E-state index in [0.29, 0.717) is 0 Å². The summed E-state index contributed by atoms with van der Waals surface area (Å²) < 4.78 is 0. The largest absolute Gasteiger partial charge is 0.361 e. The Balaban J connectivity index is 2.31. The third-order valence-electron chi connectivity index (χ3n) is 3.99. The second kappa shape index (κ2) is 5.70. The Kier molecular flexibility index (Phi) is 4.17. The smallest absolute Gasteiger partial charge is 0.232 e. The minimum absolute atomic E-state index is 0.177. The van der Waals surface area contributed by atoms with Gasteiger partial charge in [0.15, 0.2) is 0 Å². The van der Waals surface area contributed by atoms with E-state index in [1.807, 2.05) is 50.2 Å². The van der Waals surface area contributed by atoms with Gasteiger partial charge in [0, 0.05) is 30.7 Å². The fourth-order valence-corrected chi connectivity index (χ4v) is 2.68. The van der Waals surface area contributed by atoms with Crippen molar-refractivity contribution in [3.8, 4) is 0 Å². The number of rotatable bonds is 5. The Morgan fingerprint density at radius 3 is 2.70 bits per heavy atom. The molecular formula is C17H24N2O. The molecule has 3 nitrogen and oxygen atoms in total. The van der Waals surface area contributed by atoms with Crippen molar-refractivity contribution in [2.75, 3.05) is 13.6 Å². The molecule has 108 valence electrons. The van der Waals surface area contributed by atoms with Crippen LogP contribution in [0.3, 0.4) is 0 Å². The van der Waals surface area contributed by atoms with Crippen LogP contribution in [0.15, 0.2) is 30.5 Å². The van der Waals surface area contributed by atoms with Crippen LogP contribution >= 0.6 is 0 Å². The predicted molar refractivity (Wildman–Crippen MR) is 83.9 cm³/mol. The zero-order valence-corrected chi connectivity index (χ0v) is 12.9. The number of likely N-dealkylation sites (N-methyl/N-ethyl adjacent to an activating group) is 1. The Bertz CT molecular complexity index is 598. The third-order valence-corrected chi connectivity index (χ3v) is 3.99. The van der Waals surface area contributed by atoms with E-state index in [2.05, 4.69) is 18.0 Å². The number of aromatic amines is 1. The lowest BCUT2D eigenvalue weighted by molar-refractivity contribution is -0.134. The minimum atomic E-state index is -0.512. The summed E-state index contributed by atoms with van der Waals surface area (Å²) in [5.74, 6) is 0.177. The first-order valence-corrected chi connectivity index (χ1v) is 7.30. The molecule has 0 aliphatic rings. The van der Waals surface area contributed by atoms with Crippen LogP contribution in [-0.2, 0) is 10.2 Å². The molecule has 0 unspecified atom stereocenters. The molecule has 2 rings (SSSR count). The third kappa shape index (κ3) is 2.58. The summed E-state index contributed by atoms with van der Waals surface area (Å²) in [5, 5.41) is 1.13. The van der Waals surface area contributed by atoms with Crippen molar-refractivity contribution >= 4 is 16.8 Å². The number of amides is 1. The highest BCUT2D eigenvalue weighted by Crippen LogP contribution is 2.31. The van der Waals surface area contributed by atoms with E-state index in [-0.39, 0.29) is 5.91 Å². The number of carbonyl (C=O) groups excluding carboxylic acids is 1. The lowest BCUT2D eigenvalue weighted by Crippen LogP contribution is -2.41.